The molecule has 1 saturated heterocycles. The van der Waals surface area contributed by atoms with E-state index in [1.54, 1.807) is 11.3 Å². The number of hydrogen-bond acceptors (Lipinski definition) is 4. The number of rotatable bonds is 1. The smallest absolute Gasteiger partial charge is 0.347 e. The van der Waals surface area contributed by atoms with Crippen molar-refractivity contribution in [2.45, 2.75) is 48.5 Å². The lowest BCUT2D eigenvalue weighted by Crippen LogP contribution is -2.14. The fourth-order valence-electron chi connectivity index (χ4n) is 2.86. The fraction of sp³-hybridized carbons (Fsp3) is 0.444. The van der Waals surface area contributed by atoms with Gasteiger partial charge in [0.1, 0.15) is 0 Å². The van der Waals surface area contributed by atoms with Crippen LogP contribution in [-0.4, -0.2) is 11.9 Å². The molecule has 0 spiro atoms. The molecule has 1 aromatic rings. The van der Waals surface area contributed by atoms with Gasteiger partial charge in [-0.3, -0.25) is 0 Å². The van der Waals surface area contributed by atoms with Crippen molar-refractivity contribution in [3.05, 3.63) is 38.1 Å². The van der Waals surface area contributed by atoms with E-state index in [4.69, 9.17) is 4.74 Å². The SMILES string of the molecule is CC(C)=C1C(=O)OC(=O)/C1=C(\c1cc(C)sc1C)C(C)(C)C. The van der Waals surface area contributed by atoms with Crippen molar-refractivity contribution in [3.8, 4) is 0 Å². The van der Waals surface area contributed by atoms with Crippen molar-refractivity contribution in [2.75, 3.05) is 0 Å². The molecule has 0 amide bonds. The van der Waals surface area contributed by atoms with Gasteiger partial charge in [-0.15, -0.1) is 11.3 Å². The molecular formula is C18H22O3S. The van der Waals surface area contributed by atoms with E-state index in [9.17, 15) is 9.59 Å². The summed E-state index contributed by atoms with van der Waals surface area (Å²) in [5.74, 6) is -1.07. The summed E-state index contributed by atoms with van der Waals surface area (Å²) in [6, 6.07) is 2.09. The summed E-state index contributed by atoms with van der Waals surface area (Å²) in [5, 5.41) is 0. The lowest BCUT2D eigenvalue weighted by atomic mass is 9.77. The Balaban J connectivity index is 2.90. The van der Waals surface area contributed by atoms with Crippen LogP contribution in [0.3, 0.4) is 0 Å². The molecule has 1 aromatic heterocycles. The number of hydrogen-bond donors (Lipinski definition) is 0. The maximum atomic E-state index is 12.3. The van der Waals surface area contributed by atoms with Crippen LogP contribution >= 0.6 is 11.3 Å². The van der Waals surface area contributed by atoms with Gasteiger partial charge in [0.25, 0.3) is 0 Å². The maximum absolute atomic E-state index is 12.3. The van der Waals surface area contributed by atoms with Gasteiger partial charge in [0, 0.05) is 9.75 Å². The molecule has 0 aliphatic carbocycles. The molecule has 0 radical (unpaired) electrons. The molecule has 2 rings (SSSR count). The first kappa shape index (κ1) is 16.7. The minimum atomic E-state index is -0.536. The van der Waals surface area contributed by atoms with Crippen LogP contribution < -0.4 is 0 Å². The first-order chi connectivity index (χ1) is 10.0. The van der Waals surface area contributed by atoms with Crippen molar-refractivity contribution in [1.29, 1.82) is 0 Å². The molecule has 118 valence electrons. The van der Waals surface area contributed by atoms with Crippen molar-refractivity contribution < 1.29 is 14.3 Å². The normalized spacial score (nSPS) is 17.9. The standard InChI is InChI=1S/C18H22O3S/c1-9(2)13-14(17(20)21-16(13)19)15(18(5,6)7)12-8-10(3)22-11(12)4/h8H,1-7H3/b15-14+. The van der Waals surface area contributed by atoms with Crippen LogP contribution in [0.15, 0.2) is 22.8 Å². The highest BCUT2D eigenvalue weighted by molar-refractivity contribution is 7.12. The summed E-state index contributed by atoms with van der Waals surface area (Å²) in [6.45, 7) is 13.9. The third-order valence-corrected chi connectivity index (χ3v) is 4.62. The maximum Gasteiger partial charge on any atom is 0.347 e. The third kappa shape index (κ3) is 2.80. The Bertz CT molecular complexity index is 720. The number of esters is 2. The Labute approximate surface area is 135 Å². The molecule has 2 heterocycles. The molecule has 0 saturated carbocycles. The van der Waals surface area contributed by atoms with Crippen LogP contribution in [0.2, 0.25) is 0 Å². The first-order valence-corrected chi connectivity index (χ1v) is 8.12. The molecule has 4 heteroatoms. The van der Waals surface area contributed by atoms with Crippen molar-refractivity contribution >= 4 is 28.8 Å². The largest absolute Gasteiger partial charge is 0.386 e. The molecule has 22 heavy (non-hydrogen) atoms. The molecule has 0 aromatic carbocycles. The third-order valence-electron chi connectivity index (χ3n) is 3.65. The van der Waals surface area contributed by atoms with Crippen LogP contribution in [0.4, 0.5) is 0 Å². The first-order valence-electron chi connectivity index (χ1n) is 7.30. The average molecular weight is 318 g/mol. The van der Waals surface area contributed by atoms with Gasteiger partial charge in [-0.1, -0.05) is 26.3 Å². The predicted molar refractivity (Wildman–Crippen MR) is 89.6 cm³/mol. The zero-order valence-electron chi connectivity index (χ0n) is 14.2. The summed E-state index contributed by atoms with van der Waals surface area (Å²) in [5.41, 5.74) is 3.29. The Hall–Kier alpha value is -1.68. The topological polar surface area (TPSA) is 43.4 Å². The van der Waals surface area contributed by atoms with Gasteiger partial charge in [0.05, 0.1) is 11.1 Å². The molecule has 0 bridgehead atoms. The lowest BCUT2D eigenvalue weighted by Gasteiger charge is -2.25. The molecule has 0 atom stereocenters. The van der Waals surface area contributed by atoms with Gasteiger partial charge < -0.3 is 4.74 Å². The second-order valence-corrected chi connectivity index (χ2v) is 8.34. The van der Waals surface area contributed by atoms with E-state index in [1.807, 2.05) is 27.7 Å². The van der Waals surface area contributed by atoms with E-state index in [1.165, 1.54) is 4.88 Å². The van der Waals surface area contributed by atoms with E-state index in [0.29, 0.717) is 11.1 Å². The van der Waals surface area contributed by atoms with Crippen LogP contribution in [0, 0.1) is 19.3 Å². The molecule has 0 N–H and O–H groups in total. The van der Waals surface area contributed by atoms with E-state index in [2.05, 4.69) is 26.8 Å². The number of ether oxygens (including phenoxy) is 1. The number of allylic oxidation sites excluding steroid dienone is 2. The van der Waals surface area contributed by atoms with Crippen molar-refractivity contribution in [1.82, 2.24) is 0 Å². The molecule has 1 aliphatic rings. The van der Waals surface area contributed by atoms with Gasteiger partial charge >= 0.3 is 11.9 Å². The summed E-state index contributed by atoms with van der Waals surface area (Å²) in [6.07, 6.45) is 0. The summed E-state index contributed by atoms with van der Waals surface area (Å²) in [7, 11) is 0. The minimum Gasteiger partial charge on any atom is -0.386 e. The molecule has 3 nitrogen and oxygen atoms in total. The zero-order chi connectivity index (χ0) is 16.8. The van der Waals surface area contributed by atoms with Crippen LogP contribution in [0.1, 0.15) is 49.9 Å². The fourth-order valence-corrected chi connectivity index (χ4v) is 3.79. The monoisotopic (exact) mass is 318 g/mol. The van der Waals surface area contributed by atoms with Gasteiger partial charge in [-0.25, -0.2) is 9.59 Å². The Morgan fingerprint density at radius 2 is 1.59 bits per heavy atom. The molecule has 1 aliphatic heterocycles. The van der Waals surface area contributed by atoms with Crippen LogP contribution in [0.5, 0.6) is 0 Å². The van der Waals surface area contributed by atoms with Gasteiger partial charge in [-0.05, 0) is 50.3 Å². The molecule has 1 fully saturated rings. The van der Waals surface area contributed by atoms with Gasteiger partial charge in [0.15, 0.2) is 0 Å². The minimum absolute atomic E-state index is 0.280. The van der Waals surface area contributed by atoms with Gasteiger partial charge in [0.2, 0.25) is 0 Å². The predicted octanol–water partition coefficient (Wildman–Crippen LogP) is 4.58. The number of carbonyl (C=O) groups is 2. The highest BCUT2D eigenvalue weighted by Gasteiger charge is 2.40. The average Bonchev–Trinajstić information content (AvgIpc) is 2.78. The van der Waals surface area contributed by atoms with Crippen molar-refractivity contribution in [3.63, 3.8) is 0 Å². The lowest BCUT2D eigenvalue weighted by molar-refractivity contribution is -0.149. The van der Waals surface area contributed by atoms with E-state index in [-0.39, 0.29) is 5.41 Å². The summed E-state index contributed by atoms with van der Waals surface area (Å²) >= 11 is 1.70. The van der Waals surface area contributed by atoms with Crippen molar-refractivity contribution in [2.24, 2.45) is 5.41 Å². The van der Waals surface area contributed by atoms with E-state index in [0.717, 1.165) is 21.6 Å². The number of aryl methyl sites for hydroxylation is 2. The van der Waals surface area contributed by atoms with Crippen LogP contribution in [-0.2, 0) is 14.3 Å². The highest BCUT2D eigenvalue weighted by atomic mass is 32.1. The Kier molecular flexibility index (Phi) is 4.18. The molecule has 0 unspecified atom stereocenters. The van der Waals surface area contributed by atoms with Crippen LogP contribution in [0.25, 0.3) is 5.57 Å². The summed E-state index contributed by atoms with van der Waals surface area (Å²) in [4.78, 5) is 26.7. The number of cyclic esters (lactones) is 2. The van der Waals surface area contributed by atoms with Gasteiger partial charge in [-0.2, -0.15) is 0 Å². The summed E-state index contributed by atoms with van der Waals surface area (Å²) < 4.78 is 4.90. The number of thiophene rings is 1. The Morgan fingerprint density at radius 3 is 2.00 bits per heavy atom. The second-order valence-electron chi connectivity index (χ2n) is 6.88. The second kappa shape index (κ2) is 5.51. The zero-order valence-corrected chi connectivity index (χ0v) is 15.0. The molecular weight excluding hydrogens is 296 g/mol. The Morgan fingerprint density at radius 1 is 1.05 bits per heavy atom. The quantitative estimate of drug-likeness (QED) is 0.432. The number of carbonyl (C=O) groups excluding carboxylic acids is 2. The van der Waals surface area contributed by atoms with E-state index >= 15 is 0 Å². The highest BCUT2D eigenvalue weighted by Crippen LogP contribution is 2.44. The van der Waals surface area contributed by atoms with E-state index < -0.39 is 11.9 Å².